The molecule has 0 unspecified atom stereocenters. The molecule has 0 aliphatic rings. The second-order valence-corrected chi connectivity index (χ2v) is 5.18. The van der Waals surface area contributed by atoms with E-state index in [9.17, 15) is 9.59 Å². The Labute approximate surface area is 135 Å². The van der Waals surface area contributed by atoms with Crippen LogP contribution in [0, 0.1) is 13.8 Å². The van der Waals surface area contributed by atoms with Crippen LogP contribution in [0.2, 0.25) is 0 Å². The predicted molar refractivity (Wildman–Crippen MR) is 88.4 cm³/mol. The number of benzene rings is 2. The Balaban J connectivity index is 2.04. The monoisotopic (exact) mass is 313 g/mol. The molecule has 0 spiro atoms. The minimum Gasteiger partial charge on any atom is -0.493 e. The predicted octanol–water partition coefficient (Wildman–Crippen LogP) is 3.14. The molecule has 0 fully saturated rings. The van der Waals surface area contributed by atoms with Crippen LogP contribution in [0.4, 0.5) is 5.69 Å². The molecular formula is C18H19NO4. The Bertz CT molecular complexity index is 725. The number of ether oxygens (including phenoxy) is 2. The van der Waals surface area contributed by atoms with Gasteiger partial charge >= 0.3 is 0 Å². The van der Waals surface area contributed by atoms with E-state index in [1.54, 1.807) is 12.1 Å². The molecule has 2 rings (SSSR count). The number of hydrogen-bond acceptors (Lipinski definition) is 4. The summed E-state index contributed by atoms with van der Waals surface area (Å²) in [7, 11) is 1.50. The van der Waals surface area contributed by atoms with Gasteiger partial charge in [0, 0.05) is 11.3 Å². The molecule has 1 amide bonds. The van der Waals surface area contributed by atoms with E-state index in [4.69, 9.17) is 9.47 Å². The Kier molecular flexibility index (Phi) is 5.36. The van der Waals surface area contributed by atoms with Crippen LogP contribution in [-0.2, 0) is 4.79 Å². The highest BCUT2D eigenvalue weighted by molar-refractivity contribution is 5.92. The van der Waals surface area contributed by atoms with Gasteiger partial charge in [0.15, 0.2) is 18.1 Å². The van der Waals surface area contributed by atoms with Crippen molar-refractivity contribution in [2.75, 3.05) is 19.0 Å². The molecule has 5 nitrogen and oxygen atoms in total. The quantitative estimate of drug-likeness (QED) is 0.832. The van der Waals surface area contributed by atoms with Gasteiger partial charge in [-0.15, -0.1) is 0 Å². The number of rotatable bonds is 6. The van der Waals surface area contributed by atoms with Crippen molar-refractivity contribution >= 4 is 17.9 Å². The summed E-state index contributed by atoms with van der Waals surface area (Å²) in [6.45, 7) is 3.71. The molecule has 0 heterocycles. The molecule has 0 radical (unpaired) electrons. The first kappa shape index (κ1) is 16.5. The summed E-state index contributed by atoms with van der Waals surface area (Å²) >= 11 is 0. The van der Waals surface area contributed by atoms with Crippen LogP contribution in [0.5, 0.6) is 11.5 Å². The number of nitrogens with one attached hydrogen (secondary N) is 1. The molecule has 0 bridgehead atoms. The van der Waals surface area contributed by atoms with Crippen molar-refractivity contribution in [2.24, 2.45) is 0 Å². The third kappa shape index (κ3) is 4.32. The van der Waals surface area contributed by atoms with Crippen molar-refractivity contribution in [1.82, 2.24) is 0 Å². The maximum Gasteiger partial charge on any atom is 0.262 e. The van der Waals surface area contributed by atoms with E-state index < -0.39 is 0 Å². The highest BCUT2D eigenvalue weighted by Gasteiger charge is 2.10. The van der Waals surface area contributed by atoms with Gasteiger partial charge in [0.2, 0.25) is 0 Å². The zero-order valence-corrected chi connectivity index (χ0v) is 13.4. The van der Waals surface area contributed by atoms with Crippen LogP contribution in [0.3, 0.4) is 0 Å². The summed E-state index contributed by atoms with van der Waals surface area (Å²) in [6.07, 6.45) is 0.711. The van der Waals surface area contributed by atoms with Crippen LogP contribution in [0.25, 0.3) is 0 Å². The average molecular weight is 313 g/mol. The van der Waals surface area contributed by atoms with E-state index in [2.05, 4.69) is 5.32 Å². The van der Waals surface area contributed by atoms with Crippen LogP contribution >= 0.6 is 0 Å². The first-order chi connectivity index (χ1) is 11.0. The van der Waals surface area contributed by atoms with Crippen LogP contribution in [0.1, 0.15) is 21.5 Å². The van der Waals surface area contributed by atoms with Crippen LogP contribution in [-0.4, -0.2) is 25.9 Å². The number of anilines is 1. The molecule has 120 valence electrons. The maximum atomic E-state index is 12.1. The molecular weight excluding hydrogens is 294 g/mol. The lowest BCUT2D eigenvalue weighted by Gasteiger charge is -2.12. The minimum absolute atomic E-state index is 0.175. The van der Waals surface area contributed by atoms with E-state index in [1.165, 1.54) is 13.2 Å². The van der Waals surface area contributed by atoms with E-state index in [0.717, 1.165) is 16.8 Å². The second kappa shape index (κ2) is 7.45. The number of methoxy groups -OCH3 is 1. The van der Waals surface area contributed by atoms with Crippen LogP contribution < -0.4 is 14.8 Å². The van der Waals surface area contributed by atoms with E-state index >= 15 is 0 Å². The Hall–Kier alpha value is -2.82. The first-order valence-electron chi connectivity index (χ1n) is 7.16. The summed E-state index contributed by atoms with van der Waals surface area (Å²) in [5, 5.41) is 2.81. The Morgan fingerprint density at radius 1 is 1.13 bits per heavy atom. The number of aryl methyl sites for hydroxylation is 2. The third-order valence-corrected chi connectivity index (χ3v) is 3.35. The summed E-state index contributed by atoms with van der Waals surface area (Å²) in [4.78, 5) is 22.9. The summed E-state index contributed by atoms with van der Waals surface area (Å²) in [5.41, 5.74) is 3.25. The lowest BCUT2D eigenvalue weighted by Crippen LogP contribution is -2.21. The molecule has 23 heavy (non-hydrogen) atoms. The summed E-state index contributed by atoms with van der Waals surface area (Å²) < 4.78 is 10.6. The molecule has 0 aromatic heterocycles. The van der Waals surface area contributed by atoms with Gasteiger partial charge in [-0.05, 0) is 49.2 Å². The normalized spacial score (nSPS) is 10.0. The molecule has 0 saturated carbocycles. The third-order valence-electron chi connectivity index (χ3n) is 3.35. The fraction of sp³-hybridized carbons (Fsp3) is 0.222. The standard InChI is InChI=1S/C18H19NO4/c1-12-4-5-13(2)15(8-12)19-18(21)11-23-17-9-14(10-20)6-7-16(17)22-3/h4-10H,11H2,1-3H3,(H,19,21). The highest BCUT2D eigenvalue weighted by atomic mass is 16.5. The number of amides is 1. The van der Waals surface area contributed by atoms with Crippen LogP contribution in [0.15, 0.2) is 36.4 Å². The maximum absolute atomic E-state index is 12.1. The smallest absolute Gasteiger partial charge is 0.262 e. The molecule has 1 N–H and O–H groups in total. The number of carbonyl (C=O) groups excluding carboxylic acids is 2. The first-order valence-corrected chi connectivity index (χ1v) is 7.16. The molecule has 0 aliphatic heterocycles. The van der Waals surface area contributed by atoms with Gasteiger partial charge in [0.1, 0.15) is 6.29 Å². The largest absolute Gasteiger partial charge is 0.493 e. The zero-order chi connectivity index (χ0) is 16.8. The fourth-order valence-electron chi connectivity index (χ4n) is 2.08. The lowest BCUT2D eigenvalue weighted by atomic mass is 10.1. The number of aldehydes is 1. The molecule has 0 aliphatic carbocycles. The number of carbonyl (C=O) groups is 2. The molecule has 2 aromatic carbocycles. The molecule has 0 atom stereocenters. The molecule has 5 heteroatoms. The number of hydrogen-bond donors (Lipinski definition) is 1. The van der Waals surface area contributed by atoms with Crippen molar-refractivity contribution in [3.05, 3.63) is 53.1 Å². The van der Waals surface area contributed by atoms with E-state index in [-0.39, 0.29) is 12.5 Å². The Morgan fingerprint density at radius 2 is 1.91 bits per heavy atom. The van der Waals surface area contributed by atoms with E-state index in [1.807, 2.05) is 32.0 Å². The van der Waals surface area contributed by atoms with Gasteiger partial charge in [-0.1, -0.05) is 12.1 Å². The van der Waals surface area contributed by atoms with Crippen molar-refractivity contribution in [1.29, 1.82) is 0 Å². The topological polar surface area (TPSA) is 64.6 Å². The zero-order valence-electron chi connectivity index (χ0n) is 13.4. The Morgan fingerprint density at radius 3 is 2.61 bits per heavy atom. The summed E-state index contributed by atoms with van der Waals surface area (Å²) in [6, 6.07) is 10.6. The summed E-state index contributed by atoms with van der Waals surface area (Å²) in [5.74, 6) is 0.542. The minimum atomic E-state index is -0.280. The van der Waals surface area contributed by atoms with Gasteiger partial charge in [0.05, 0.1) is 7.11 Å². The van der Waals surface area contributed by atoms with Gasteiger partial charge < -0.3 is 14.8 Å². The SMILES string of the molecule is COc1ccc(C=O)cc1OCC(=O)Nc1cc(C)ccc1C. The second-order valence-electron chi connectivity index (χ2n) is 5.18. The highest BCUT2D eigenvalue weighted by Crippen LogP contribution is 2.27. The average Bonchev–Trinajstić information content (AvgIpc) is 2.56. The van der Waals surface area contributed by atoms with Gasteiger partial charge in [-0.2, -0.15) is 0 Å². The fourth-order valence-corrected chi connectivity index (χ4v) is 2.08. The van der Waals surface area contributed by atoms with Crippen molar-refractivity contribution < 1.29 is 19.1 Å². The van der Waals surface area contributed by atoms with Crippen molar-refractivity contribution in [2.45, 2.75) is 13.8 Å². The van der Waals surface area contributed by atoms with Crippen molar-refractivity contribution in [3.8, 4) is 11.5 Å². The molecule has 2 aromatic rings. The van der Waals surface area contributed by atoms with Gasteiger partial charge in [0.25, 0.3) is 5.91 Å². The van der Waals surface area contributed by atoms with E-state index in [0.29, 0.717) is 23.3 Å². The van der Waals surface area contributed by atoms with Gasteiger partial charge in [-0.3, -0.25) is 9.59 Å². The lowest BCUT2D eigenvalue weighted by molar-refractivity contribution is -0.118. The van der Waals surface area contributed by atoms with Gasteiger partial charge in [-0.25, -0.2) is 0 Å². The van der Waals surface area contributed by atoms with Crippen molar-refractivity contribution in [3.63, 3.8) is 0 Å². The molecule has 0 saturated heterocycles.